The summed E-state index contributed by atoms with van der Waals surface area (Å²) in [4.78, 5) is 4.80. The van der Waals surface area contributed by atoms with Crippen molar-refractivity contribution in [3.8, 4) is 16.9 Å². The van der Waals surface area contributed by atoms with Crippen molar-refractivity contribution in [2.24, 2.45) is 0 Å². The number of aromatic nitrogens is 1. The molecule has 0 bridgehead atoms. The highest BCUT2D eigenvalue weighted by Crippen LogP contribution is 2.28. The zero-order chi connectivity index (χ0) is 20.1. The molecule has 0 radical (unpaired) electrons. The molecule has 1 aromatic heterocycles. The van der Waals surface area contributed by atoms with E-state index in [-0.39, 0.29) is 0 Å². The minimum Gasteiger partial charge on any atom is -0.488 e. The number of rotatable bonds is 7. The van der Waals surface area contributed by atoms with Crippen LogP contribution in [0.25, 0.3) is 22.0 Å². The third kappa shape index (κ3) is 4.48. The molecular weight excluding hydrogens is 354 g/mol. The summed E-state index contributed by atoms with van der Waals surface area (Å²) in [6.45, 7) is 4.91. The molecular formula is C27H27NO. The van der Waals surface area contributed by atoms with Crippen LogP contribution in [0, 0.1) is 6.92 Å². The number of fused-ring (bicyclic) bond motifs is 1. The topological polar surface area (TPSA) is 22.1 Å². The lowest BCUT2D eigenvalue weighted by molar-refractivity contribution is 0.309. The SMILES string of the molecule is CCCCc1cc(OCc2ccc(-c3ccccc3C)cc2)c2ccccc2n1. The van der Waals surface area contributed by atoms with Gasteiger partial charge in [0.2, 0.25) is 0 Å². The van der Waals surface area contributed by atoms with Crippen LogP contribution in [0.4, 0.5) is 0 Å². The monoisotopic (exact) mass is 381 g/mol. The van der Waals surface area contributed by atoms with Gasteiger partial charge in [0.05, 0.1) is 5.52 Å². The van der Waals surface area contributed by atoms with Gasteiger partial charge in [-0.25, -0.2) is 0 Å². The van der Waals surface area contributed by atoms with E-state index in [1.807, 2.05) is 12.1 Å². The molecule has 146 valence electrons. The van der Waals surface area contributed by atoms with E-state index in [0.29, 0.717) is 6.61 Å². The smallest absolute Gasteiger partial charge is 0.131 e. The van der Waals surface area contributed by atoms with Crippen LogP contribution in [0.2, 0.25) is 0 Å². The molecule has 4 rings (SSSR count). The van der Waals surface area contributed by atoms with Crippen LogP contribution < -0.4 is 4.74 Å². The molecule has 1 heterocycles. The Morgan fingerprint density at radius 1 is 0.862 bits per heavy atom. The summed E-state index contributed by atoms with van der Waals surface area (Å²) in [5.41, 5.74) is 7.09. The largest absolute Gasteiger partial charge is 0.488 e. The Morgan fingerprint density at radius 3 is 2.41 bits per heavy atom. The standard InChI is InChI=1S/C27H27NO/c1-3-4-10-23-18-27(25-12-7-8-13-26(25)28-23)29-19-21-14-16-22(17-15-21)24-11-6-5-9-20(24)2/h5-9,11-18H,3-4,10,19H2,1-2H3. The van der Waals surface area contributed by atoms with Gasteiger partial charge in [0.25, 0.3) is 0 Å². The van der Waals surface area contributed by atoms with Gasteiger partial charge in [-0.3, -0.25) is 4.98 Å². The zero-order valence-corrected chi connectivity index (χ0v) is 17.2. The fourth-order valence-corrected chi connectivity index (χ4v) is 3.64. The highest BCUT2D eigenvalue weighted by atomic mass is 16.5. The lowest BCUT2D eigenvalue weighted by atomic mass is 10.00. The molecule has 0 amide bonds. The summed E-state index contributed by atoms with van der Waals surface area (Å²) < 4.78 is 6.26. The Labute approximate surface area is 173 Å². The molecule has 2 nitrogen and oxygen atoms in total. The van der Waals surface area contributed by atoms with Gasteiger partial charge in [-0.2, -0.15) is 0 Å². The van der Waals surface area contributed by atoms with Gasteiger partial charge >= 0.3 is 0 Å². The van der Waals surface area contributed by atoms with Gasteiger partial charge in [-0.05, 0) is 54.2 Å². The van der Waals surface area contributed by atoms with E-state index in [2.05, 4.69) is 80.6 Å². The molecule has 0 N–H and O–H groups in total. The molecule has 4 aromatic rings. The van der Waals surface area contributed by atoms with Crippen LogP contribution in [0.3, 0.4) is 0 Å². The van der Waals surface area contributed by atoms with Crippen LogP contribution in [0.5, 0.6) is 5.75 Å². The molecule has 0 aliphatic rings. The van der Waals surface area contributed by atoms with Crippen molar-refractivity contribution in [3.05, 3.63) is 95.7 Å². The Kier molecular flexibility index (Phi) is 5.90. The summed E-state index contributed by atoms with van der Waals surface area (Å²) in [7, 11) is 0. The van der Waals surface area contributed by atoms with Crippen molar-refractivity contribution in [1.29, 1.82) is 0 Å². The Bertz CT molecular complexity index is 1100. The first-order chi connectivity index (χ1) is 14.2. The summed E-state index contributed by atoms with van der Waals surface area (Å²) >= 11 is 0. The number of hydrogen-bond acceptors (Lipinski definition) is 2. The van der Waals surface area contributed by atoms with Gasteiger partial charge in [-0.1, -0.05) is 74.0 Å². The quantitative estimate of drug-likeness (QED) is 0.340. The highest BCUT2D eigenvalue weighted by Gasteiger charge is 2.08. The number of aryl methyl sites for hydroxylation is 2. The average molecular weight is 382 g/mol. The number of unbranched alkanes of at least 4 members (excludes halogenated alkanes) is 1. The molecule has 0 spiro atoms. The fraction of sp³-hybridized carbons (Fsp3) is 0.222. The summed E-state index contributed by atoms with van der Waals surface area (Å²) in [6.07, 6.45) is 3.30. The van der Waals surface area contributed by atoms with Crippen molar-refractivity contribution < 1.29 is 4.74 Å². The minimum absolute atomic E-state index is 0.551. The van der Waals surface area contributed by atoms with E-state index in [1.165, 1.54) is 22.3 Å². The van der Waals surface area contributed by atoms with Crippen LogP contribution in [0.15, 0.2) is 78.9 Å². The Balaban J connectivity index is 1.54. The normalized spacial score (nSPS) is 11.0. The molecule has 29 heavy (non-hydrogen) atoms. The number of hydrogen-bond donors (Lipinski definition) is 0. The lowest BCUT2D eigenvalue weighted by Gasteiger charge is -2.12. The van der Waals surface area contributed by atoms with E-state index in [0.717, 1.165) is 41.6 Å². The van der Waals surface area contributed by atoms with E-state index in [9.17, 15) is 0 Å². The predicted octanol–water partition coefficient (Wildman–Crippen LogP) is 7.13. The minimum atomic E-state index is 0.551. The van der Waals surface area contributed by atoms with E-state index < -0.39 is 0 Å². The summed E-state index contributed by atoms with van der Waals surface area (Å²) in [5.74, 6) is 0.921. The van der Waals surface area contributed by atoms with Crippen LogP contribution in [-0.2, 0) is 13.0 Å². The first-order valence-corrected chi connectivity index (χ1v) is 10.4. The highest BCUT2D eigenvalue weighted by molar-refractivity contribution is 5.85. The van der Waals surface area contributed by atoms with Gasteiger partial charge in [0, 0.05) is 17.1 Å². The molecule has 2 heteroatoms. The molecule has 3 aromatic carbocycles. The molecule has 0 aliphatic carbocycles. The summed E-state index contributed by atoms with van der Waals surface area (Å²) in [6, 6.07) is 27.5. The predicted molar refractivity (Wildman–Crippen MR) is 121 cm³/mol. The second-order valence-electron chi connectivity index (χ2n) is 7.53. The molecule has 0 saturated heterocycles. The van der Waals surface area contributed by atoms with E-state index >= 15 is 0 Å². The maximum atomic E-state index is 6.26. The Hall–Kier alpha value is -3.13. The second kappa shape index (κ2) is 8.91. The third-order valence-corrected chi connectivity index (χ3v) is 5.32. The number of pyridine rings is 1. The second-order valence-corrected chi connectivity index (χ2v) is 7.53. The van der Waals surface area contributed by atoms with Gasteiger partial charge in [0.1, 0.15) is 12.4 Å². The van der Waals surface area contributed by atoms with Crippen LogP contribution >= 0.6 is 0 Å². The molecule has 0 atom stereocenters. The molecule has 0 unspecified atom stereocenters. The maximum Gasteiger partial charge on any atom is 0.131 e. The lowest BCUT2D eigenvalue weighted by Crippen LogP contribution is -1.99. The maximum absolute atomic E-state index is 6.26. The third-order valence-electron chi connectivity index (χ3n) is 5.32. The van der Waals surface area contributed by atoms with Crippen molar-refractivity contribution in [3.63, 3.8) is 0 Å². The number of benzene rings is 3. The number of nitrogens with zero attached hydrogens (tertiary/aromatic N) is 1. The van der Waals surface area contributed by atoms with E-state index in [4.69, 9.17) is 9.72 Å². The fourth-order valence-electron chi connectivity index (χ4n) is 3.64. The zero-order valence-electron chi connectivity index (χ0n) is 17.2. The molecule has 0 fully saturated rings. The number of para-hydroxylation sites is 1. The molecule has 0 aliphatic heterocycles. The van der Waals surface area contributed by atoms with Gasteiger partial charge in [-0.15, -0.1) is 0 Å². The van der Waals surface area contributed by atoms with Crippen molar-refractivity contribution >= 4 is 10.9 Å². The van der Waals surface area contributed by atoms with Crippen molar-refractivity contribution in [1.82, 2.24) is 4.98 Å². The first-order valence-electron chi connectivity index (χ1n) is 10.4. The van der Waals surface area contributed by atoms with Crippen LogP contribution in [0.1, 0.15) is 36.6 Å². The van der Waals surface area contributed by atoms with E-state index in [1.54, 1.807) is 0 Å². The first kappa shape index (κ1) is 19.2. The van der Waals surface area contributed by atoms with Crippen molar-refractivity contribution in [2.45, 2.75) is 39.7 Å². The summed E-state index contributed by atoms with van der Waals surface area (Å²) in [5, 5.41) is 1.07. The molecule has 0 saturated carbocycles. The van der Waals surface area contributed by atoms with Crippen LogP contribution in [-0.4, -0.2) is 4.98 Å². The van der Waals surface area contributed by atoms with Crippen molar-refractivity contribution in [2.75, 3.05) is 0 Å². The van der Waals surface area contributed by atoms with Gasteiger partial charge in [0.15, 0.2) is 0 Å². The average Bonchev–Trinajstić information content (AvgIpc) is 2.77. The van der Waals surface area contributed by atoms with Gasteiger partial charge < -0.3 is 4.74 Å². The number of ether oxygens (including phenoxy) is 1. The Morgan fingerprint density at radius 2 is 1.62 bits per heavy atom.